The maximum absolute atomic E-state index is 4.96. The second-order valence-corrected chi connectivity index (χ2v) is 15.6. The average molecular weight is 743 g/mol. The Bertz CT molecular complexity index is 3120. The monoisotopic (exact) mass is 742 g/mol. The first-order valence-electron chi connectivity index (χ1n) is 19.9. The topological polar surface area (TPSA) is 43.6 Å². The molecule has 2 aromatic heterocycles. The summed E-state index contributed by atoms with van der Waals surface area (Å²) in [4.78, 5) is 14.8. The number of nitrogens with zero attached hydrogens (tertiary/aromatic N) is 4. The van der Waals surface area contributed by atoms with Crippen molar-refractivity contribution < 1.29 is 0 Å². The molecule has 4 nitrogen and oxygen atoms in total. The Morgan fingerprint density at radius 3 is 1.47 bits per heavy atom. The maximum Gasteiger partial charge on any atom is 0.164 e. The van der Waals surface area contributed by atoms with Crippen molar-refractivity contribution in [1.29, 1.82) is 0 Å². The van der Waals surface area contributed by atoms with Crippen LogP contribution in [0.3, 0.4) is 0 Å². The minimum atomic E-state index is -0.0582. The Morgan fingerprint density at radius 1 is 0.345 bits per heavy atom. The van der Waals surface area contributed by atoms with Gasteiger partial charge in [-0.15, -0.1) is 0 Å². The number of hydrogen-bond acceptors (Lipinski definition) is 3. The van der Waals surface area contributed by atoms with Crippen molar-refractivity contribution in [2.24, 2.45) is 0 Å². The van der Waals surface area contributed by atoms with Crippen LogP contribution >= 0.6 is 0 Å². The number of para-hydroxylation sites is 1. The second-order valence-electron chi connectivity index (χ2n) is 15.6. The van der Waals surface area contributed by atoms with Crippen molar-refractivity contribution >= 4 is 21.8 Å². The van der Waals surface area contributed by atoms with E-state index in [4.69, 9.17) is 15.0 Å². The van der Waals surface area contributed by atoms with Gasteiger partial charge in [0.05, 0.1) is 11.0 Å². The van der Waals surface area contributed by atoms with Crippen LogP contribution in [0.25, 0.3) is 95.0 Å². The summed E-state index contributed by atoms with van der Waals surface area (Å²) >= 11 is 0. The third kappa shape index (κ3) is 5.48. The van der Waals surface area contributed by atoms with Gasteiger partial charge in [-0.3, -0.25) is 0 Å². The number of aromatic nitrogens is 4. The van der Waals surface area contributed by atoms with Crippen LogP contribution in [0.2, 0.25) is 0 Å². The van der Waals surface area contributed by atoms with Crippen LogP contribution in [0.5, 0.6) is 0 Å². The van der Waals surface area contributed by atoms with Crippen molar-refractivity contribution in [3.05, 3.63) is 205 Å². The Kier molecular flexibility index (Phi) is 7.80. The third-order valence-electron chi connectivity index (χ3n) is 11.9. The van der Waals surface area contributed by atoms with Crippen LogP contribution in [-0.2, 0) is 5.41 Å². The molecule has 0 amide bonds. The minimum absolute atomic E-state index is 0.0582. The van der Waals surface area contributed by atoms with Crippen molar-refractivity contribution in [2.45, 2.75) is 19.3 Å². The summed E-state index contributed by atoms with van der Waals surface area (Å²) in [5.74, 6) is 1.94. The Morgan fingerprint density at radius 2 is 0.810 bits per heavy atom. The zero-order valence-electron chi connectivity index (χ0n) is 32.3. The smallest absolute Gasteiger partial charge is 0.164 e. The third-order valence-corrected chi connectivity index (χ3v) is 11.9. The molecule has 0 N–H and O–H groups in total. The van der Waals surface area contributed by atoms with Gasteiger partial charge in [0, 0.05) is 38.6 Å². The van der Waals surface area contributed by atoms with E-state index in [9.17, 15) is 0 Å². The second kappa shape index (κ2) is 13.4. The lowest BCUT2D eigenvalue weighted by atomic mass is 9.81. The van der Waals surface area contributed by atoms with Crippen molar-refractivity contribution in [3.8, 4) is 73.2 Å². The fourth-order valence-electron chi connectivity index (χ4n) is 8.97. The Balaban J connectivity index is 0.992. The fraction of sp³-hybridized carbons (Fsp3) is 0.0556. The molecule has 1 aliphatic carbocycles. The molecule has 2 heterocycles. The maximum atomic E-state index is 4.96. The number of rotatable bonds is 6. The summed E-state index contributed by atoms with van der Waals surface area (Å²) in [5.41, 5.74) is 16.5. The van der Waals surface area contributed by atoms with Crippen molar-refractivity contribution in [2.75, 3.05) is 0 Å². The molecule has 0 saturated heterocycles. The molecule has 0 saturated carbocycles. The van der Waals surface area contributed by atoms with Crippen LogP contribution in [0.4, 0.5) is 0 Å². The Hall–Kier alpha value is -7.43. The van der Waals surface area contributed by atoms with Gasteiger partial charge in [0.25, 0.3) is 0 Å². The van der Waals surface area contributed by atoms with Gasteiger partial charge in [-0.1, -0.05) is 159 Å². The van der Waals surface area contributed by atoms with Gasteiger partial charge in [-0.05, 0) is 93.0 Å². The van der Waals surface area contributed by atoms with E-state index >= 15 is 0 Å². The molecule has 0 radical (unpaired) electrons. The molecule has 1 aliphatic rings. The van der Waals surface area contributed by atoms with Crippen molar-refractivity contribution in [3.63, 3.8) is 0 Å². The molecule has 0 aliphatic heterocycles. The minimum Gasteiger partial charge on any atom is -0.309 e. The van der Waals surface area contributed by atoms with Gasteiger partial charge < -0.3 is 4.57 Å². The summed E-state index contributed by atoms with van der Waals surface area (Å²) in [6.07, 6.45) is 0. The van der Waals surface area contributed by atoms with Gasteiger partial charge in [0.15, 0.2) is 17.5 Å². The normalized spacial score (nSPS) is 12.8. The molecule has 8 aromatic carbocycles. The molecule has 10 aromatic rings. The predicted octanol–water partition coefficient (Wildman–Crippen LogP) is 13.6. The molecule has 11 rings (SSSR count). The standard InChI is InChI=1S/C54H38N4/c1-54(2)47-23-13-11-21-43(47)44-31-27-39(34-48(44)54)42-20-10-9-19-41(42)38-28-32-50-46(33-38)45-22-12-14-24-49(45)58(50)40-29-25-37(26-30-40)53-56-51(35-15-5-3-6-16-35)55-52(57-53)36-17-7-4-8-18-36/h3-34H,1-2H3. The molecular weight excluding hydrogens is 705 g/mol. The van der Waals surface area contributed by atoms with Gasteiger partial charge in [0.1, 0.15) is 0 Å². The summed E-state index contributed by atoms with van der Waals surface area (Å²) in [7, 11) is 0. The summed E-state index contributed by atoms with van der Waals surface area (Å²) in [6, 6.07) is 69.1. The zero-order valence-corrected chi connectivity index (χ0v) is 32.3. The SMILES string of the molecule is CC1(C)c2ccccc2-c2ccc(-c3ccccc3-c3ccc4c(c3)c3ccccc3n4-c3ccc(-c4nc(-c5ccccc5)nc(-c5ccccc5)n4)cc3)cc21. The van der Waals surface area contributed by atoms with Crippen LogP contribution in [0.1, 0.15) is 25.0 Å². The summed E-state index contributed by atoms with van der Waals surface area (Å²) in [5, 5.41) is 2.44. The van der Waals surface area contributed by atoms with E-state index in [0.29, 0.717) is 17.5 Å². The van der Waals surface area contributed by atoms with Gasteiger partial charge >= 0.3 is 0 Å². The molecule has 274 valence electrons. The molecule has 4 heteroatoms. The largest absolute Gasteiger partial charge is 0.309 e. The molecule has 0 atom stereocenters. The van der Waals surface area contributed by atoms with Crippen LogP contribution in [0.15, 0.2) is 194 Å². The lowest BCUT2D eigenvalue weighted by Crippen LogP contribution is -2.14. The lowest BCUT2D eigenvalue weighted by molar-refractivity contribution is 0.660. The molecular formula is C54H38N4. The van der Waals surface area contributed by atoms with E-state index < -0.39 is 0 Å². The molecule has 0 fully saturated rings. The lowest BCUT2D eigenvalue weighted by Gasteiger charge is -2.22. The number of fused-ring (bicyclic) bond motifs is 6. The van der Waals surface area contributed by atoms with E-state index in [2.05, 4.69) is 152 Å². The van der Waals surface area contributed by atoms with Gasteiger partial charge in [0.2, 0.25) is 0 Å². The summed E-state index contributed by atoms with van der Waals surface area (Å²) in [6.45, 7) is 4.70. The van der Waals surface area contributed by atoms with E-state index in [1.165, 1.54) is 55.3 Å². The van der Waals surface area contributed by atoms with Gasteiger partial charge in [-0.25, -0.2) is 15.0 Å². The highest BCUT2D eigenvalue weighted by molar-refractivity contribution is 6.11. The first-order chi connectivity index (χ1) is 28.5. The van der Waals surface area contributed by atoms with Crippen molar-refractivity contribution in [1.82, 2.24) is 19.5 Å². The number of hydrogen-bond donors (Lipinski definition) is 0. The highest BCUT2D eigenvalue weighted by Gasteiger charge is 2.35. The quantitative estimate of drug-likeness (QED) is 0.170. The van der Waals surface area contributed by atoms with Crippen LogP contribution < -0.4 is 0 Å². The van der Waals surface area contributed by atoms with E-state index in [1.54, 1.807) is 0 Å². The molecule has 58 heavy (non-hydrogen) atoms. The number of benzene rings is 8. The van der Waals surface area contributed by atoms with Crippen LogP contribution in [0, 0.1) is 0 Å². The Labute approximate surface area is 337 Å². The summed E-state index contributed by atoms with van der Waals surface area (Å²) < 4.78 is 2.36. The van der Waals surface area contributed by atoms with E-state index in [1.807, 2.05) is 60.7 Å². The highest BCUT2D eigenvalue weighted by atomic mass is 15.0. The predicted molar refractivity (Wildman–Crippen MR) is 239 cm³/mol. The first-order valence-corrected chi connectivity index (χ1v) is 19.9. The van der Waals surface area contributed by atoms with Gasteiger partial charge in [-0.2, -0.15) is 0 Å². The molecule has 0 spiro atoms. The van der Waals surface area contributed by atoms with Crippen LogP contribution in [-0.4, -0.2) is 19.5 Å². The van der Waals surface area contributed by atoms with E-state index in [0.717, 1.165) is 33.4 Å². The first kappa shape index (κ1) is 33.9. The fourth-order valence-corrected chi connectivity index (χ4v) is 8.97. The highest BCUT2D eigenvalue weighted by Crippen LogP contribution is 2.50. The van der Waals surface area contributed by atoms with E-state index in [-0.39, 0.29) is 5.41 Å². The zero-order chi connectivity index (χ0) is 38.8. The average Bonchev–Trinajstić information content (AvgIpc) is 3.74. The molecule has 0 bridgehead atoms. The molecule has 0 unspecified atom stereocenters.